The van der Waals surface area contributed by atoms with Gasteiger partial charge in [-0.05, 0) is 57.9 Å². The number of likely N-dealkylation sites (tertiary alicyclic amines) is 1. The van der Waals surface area contributed by atoms with Gasteiger partial charge in [0.1, 0.15) is 35.1 Å². The van der Waals surface area contributed by atoms with E-state index in [1.165, 1.54) is 20.2 Å². The molecule has 2 atom stereocenters. The first-order valence-corrected chi connectivity index (χ1v) is 18.1. The van der Waals surface area contributed by atoms with Crippen LogP contribution >= 0.6 is 0 Å². The van der Waals surface area contributed by atoms with Gasteiger partial charge in [-0.15, -0.1) is 0 Å². The Labute approximate surface area is 316 Å². The molecule has 3 aromatic carbocycles. The number of carbonyl (C=O) groups is 4. The van der Waals surface area contributed by atoms with E-state index in [0.717, 1.165) is 16.9 Å². The van der Waals surface area contributed by atoms with Gasteiger partial charge >= 0.3 is 6.09 Å². The number of aromatic nitrogens is 2. The molecule has 13 nitrogen and oxygen atoms in total. The highest BCUT2D eigenvalue weighted by Crippen LogP contribution is 2.26. The van der Waals surface area contributed by atoms with E-state index in [-0.39, 0.29) is 31.0 Å². The molecule has 5 rings (SSSR count). The van der Waals surface area contributed by atoms with E-state index in [0.29, 0.717) is 25.9 Å². The normalized spacial score (nSPS) is 14.7. The van der Waals surface area contributed by atoms with Gasteiger partial charge in [0.25, 0.3) is 5.91 Å². The summed E-state index contributed by atoms with van der Waals surface area (Å²) < 4.78 is 19.0. The van der Waals surface area contributed by atoms with Crippen molar-refractivity contribution in [3.63, 3.8) is 0 Å². The van der Waals surface area contributed by atoms with Crippen LogP contribution in [0.2, 0.25) is 0 Å². The summed E-state index contributed by atoms with van der Waals surface area (Å²) >= 11 is 0. The number of amides is 4. The van der Waals surface area contributed by atoms with Crippen LogP contribution < -0.4 is 20.7 Å². The third-order valence-electron chi connectivity index (χ3n) is 8.70. The maximum Gasteiger partial charge on any atom is 0.408 e. The average Bonchev–Trinajstić information content (AvgIpc) is 3.59. The number of imidazole rings is 1. The molecular formula is C41H50N6O7. The minimum Gasteiger partial charge on any atom is -0.490 e. The monoisotopic (exact) mass is 738 g/mol. The predicted octanol–water partition coefficient (Wildman–Crippen LogP) is 5.49. The summed E-state index contributed by atoms with van der Waals surface area (Å²) in [6.07, 6.45) is 3.71. The van der Waals surface area contributed by atoms with Crippen LogP contribution in [0.4, 0.5) is 10.6 Å². The Morgan fingerprint density at radius 1 is 0.852 bits per heavy atom. The van der Waals surface area contributed by atoms with Crippen molar-refractivity contribution in [2.24, 2.45) is 0 Å². The van der Waals surface area contributed by atoms with E-state index in [1.54, 1.807) is 31.5 Å². The molecular weight excluding hydrogens is 688 g/mol. The summed E-state index contributed by atoms with van der Waals surface area (Å²) in [5, 5.41) is 8.06. The molecule has 1 saturated heterocycles. The number of ether oxygens (including phenoxy) is 3. The van der Waals surface area contributed by atoms with Gasteiger partial charge in [-0.1, -0.05) is 78.9 Å². The van der Waals surface area contributed by atoms with Crippen LogP contribution in [-0.4, -0.2) is 81.2 Å². The zero-order chi connectivity index (χ0) is 38.7. The Balaban J connectivity index is 1.28. The third-order valence-corrected chi connectivity index (χ3v) is 8.70. The van der Waals surface area contributed by atoms with Crippen molar-refractivity contribution < 1.29 is 33.4 Å². The molecule has 4 amide bonds. The summed E-state index contributed by atoms with van der Waals surface area (Å²) in [6.45, 7) is 9.25. The van der Waals surface area contributed by atoms with Gasteiger partial charge in [0.15, 0.2) is 5.82 Å². The molecule has 3 N–H and O–H groups in total. The summed E-state index contributed by atoms with van der Waals surface area (Å²) in [6, 6.07) is 26.6. The van der Waals surface area contributed by atoms with E-state index in [9.17, 15) is 19.2 Å². The second-order valence-electron chi connectivity index (χ2n) is 14.7. The van der Waals surface area contributed by atoms with E-state index in [1.807, 2.05) is 95.9 Å². The Morgan fingerprint density at radius 3 is 2.09 bits per heavy atom. The summed E-state index contributed by atoms with van der Waals surface area (Å²) in [4.78, 5) is 60.1. The number of nitrogens with zero attached hydrogens (tertiary/aromatic N) is 3. The standard InChI is InChI=1S/C41H50N6O7/c1-40(2,3)54-39(51)45-41(4,5)38(50)43-33(27-52-26-29-15-9-6-10-16-29)36(48)44-34-25-47(28-42-34)35(30-17-11-7-12-18-30)37(49)46-23-21-32(22-24-46)53-31-19-13-8-14-20-31/h6-20,25,28,32-33,35H,21-24,26-27H2,1-5H3,(H,43,50)(H,44,48)(H,45,51). The highest BCUT2D eigenvalue weighted by molar-refractivity contribution is 5.98. The van der Waals surface area contributed by atoms with Crippen LogP contribution in [0, 0.1) is 0 Å². The Morgan fingerprint density at radius 2 is 1.46 bits per heavy atom. The lowest BCUT2D eigenvalue weighted by Crippen LogP contribution is -2.59. The second-order valence-corrected chi connectivity index (χ2v) is 14.7. The SMILES string of the molecule is CC(C)(C)OC(=O)NC(C)(C)C(=O)NC(COCc1ccccc1)C(=O)Nc1cn(C(C(=O)N2CCC(Oc3ccccc3)CC2)c2ccccc2)cn1. The summed E-state index contributed by atoms with van der Waals surface area (Å²) in [5.41, 5.74) is -0.558. The first kappa shape index (κ1) is 39.5. The lowest BCUT2D eigenvalue weighted by atomic mass is 10.0. The zero-order valence-corrected chi connectivity index (χ0v) is 31.5. The molecule has 1 aliphatic rings. The van der Waals surface area contributed by atoms with Crippen molar-refractivity contribution in [3.05, 3.63) is 115 Å². The Hall–Kier alpha value is -5.69. The maximum atomic E-state index is 14.2. The van der Waals surface area contributed by atoms with Gasteiger partial charge in [0.05, 0.1) is 19.5 Å². The van der Waals surface area contributed by atoms with Crippen LogP contribution in [0.1, 0.15) is 64.6 Å². The largest absolute Gasteiger partial charge is 0.490 e. The number of nitrogens with one attached hydrogen (secondary N) is 3. The second kappa shape index (κ2) is 17.9. The smallest absolute Gasteiger partial charge is 0.408 e. The van der Waals surface area contributed by atoms with E-state index in [4.69, 9.17) is 14.2 Å². The van der Waals surface area contributed by atoms with Gasteiger partial charge in [-0.25, -0.2) is 9.78 Å². The number of hydrogen-bond donors (Lipinski definition) is 3. The zero-order valence-electron chi connectivity index (χ0n) is 31.5. The van der Waals surface area contributed by atoms with E-state index in [2.05, 4.69) is 20.9 Å². The summed E-state index contributed by atoms with van der Waals surface area (Å²) in [5.74, 6) is -0.345. The lowest BCUT2D eigenvalue weighted by Gasteiger charge is -2.34. The van der Waals surface area contributed by atoms with Crippen LogP contribution in [0.25, 0.3) is 0 Å². The first-order valence-electron chi connectivity index (χ1n) is 18.1. The van der Waals surface area contributed by atoms with Gasteiger partial charge in [0.2, 0.25) is 11.8 Å². The fourth-order valence-corrected chi connectivity index (χ4v) is 5.90. The van der Waals surface area contributed by atoms with Gasteiger partial charge < -0.3 is 39.6 Å². The number of carbonyl (C=O) groups excluding carboxylic acids is 4. The molecule has 1 aromatic heterocycles. The number of benzene rings is 3. The molecule has 0 saturated carbocycles. The average molecular weight is 739 g/mol. The fourth-order valence-electron chi connectivity index (χ4n) is 5.90. The number of alkyl carbamates (subject to hydrolysis) is 1. The number of piperidine rings is 1. The Bertz CT molecular complexity index is 1840. The third kappa shape index (κ3) is 11.4. The van der Waals surface area contributed by atoms with Gasteiger partial charge in [-0.3, -0.25) is 14.4 Å². The van der Waals surface area contributed by atoms with Crippen molar-refractivity contribution in [2.45, 2.75) is 83.4 Å². The van der Waals surface area contributed by atoms with Crippen molar-refractivity contribution >= 4 is 29.6 Å². The predicted molar refractivity (Wildman–Crippen MR) is 204 cm³/mol. The van der Waals surface area contributed by atoms with Crippen LogP contribution in [0.3, 0.4) is 0 Å². The maximum absolute atomic E-state index is 14.2. The van der Waals surface area contributed by atoms with Crippen molar-refractivity contribution in [3.8, 4) is 5.75 Å². The number of anilines is 1. The first-order chi connectivity index (χ1) is 25.8. The van der Waals surface area contributed by atoms with Crippen molar-refractivity contribution in [2.75, 3.05) is 25.0 Å². The van der Waals surface area contributed by atoms with Crippen LogP contribution in [0.15, 0.2) is 104 Å². The minimum atomic E-state index is -1.44. The quantitative estimate of drug-likeness (QED) is 0.154. The molecule has 13 heteroatoms. The fraction of sp³-hybridized carbons (Fsp3) is 0.390. The molecule has 2 heterocycles. The number of para-hydroxylation sites is 1. The summed E-state index contributed by atoms with van der Waals surface area (Å²) in [7, 11) is 0. The van der Waals surface area contributed by atoms with Gasteiger partial charge in [-0.2, -0.15) is 0 Å². The van der Waals surface area contributed by atoms with Gasteiger partial charge in [0, 0.05) is 32.1 Å². The topological polar surface area (TPSA) is 153 Å². The number of hydrogen-bond acceptors (Lipinski definition) is 8. The molecule has 0 bridgehead atoms. The molecule has 54 heavy (non-hydrogen) atoms. The van der Waals surface area contributed by atoms with E-state index < -0.39 is 41.1 Å². The molecule has 286 valence electrons. The lowest BCUT2D eigenvalue weighted by molar-refractivity contribution is -0.135. The van der Waals surface area contributed by atoms with E-state index >= 15 is 0 Å². The molecule has 2 unspecified atom stereocenters. The van der Waals surface area contributed by atoms with Crippen molar-refractivity contribution in [1.82, 2.24) is 25.1 Å². The molecule has 1 fully saturated rings. The van der Waals surface area contributed by atoms with Crippen LogP contribution in [-0.2, 0) is 30.5 Å². The molecule has 4 aromatic rings. The highest BCUT2D eigenvalue weighted by Gasteiger charge is 2.35. The molecule has 1 aliphatic heterocycles. The van der Waals surface area contributed by atoms with Crippen molar-refractivity contribution in [1.29, 1.82) is 0 Å². The minimum absolute atomic E-state index is 0.00506. The molecule has 0 aliphatic carbocycles. The molecule has 0 spiro atoms. The Kier molecular flexibility index (Phi) is 13.1. The molecule has 0 radical (unpaired) electrons. The van der Waals surface area contributed by atoms with Crippen LogP contribution in [0.5, 0.6) is 5.75 Å². The highest BCUT2D eigenvalue weighted by atomic mass is 16.6. The number of rotatable bonds is 14.